The highest BCUT2D eigenvalue weighted by molar-refractivity contribution is 9.10. The monoisotopic (exact) mass is 351 g/mol. The third-order valence-corrected chi connectivity index (χ3v) is 4.32. The molecular weight excluding hydrogens is 335 g/mol. The molecular formula is C14H17BrF3NO. The minimum absolute atomic E-state index is 0.0572. The molecule has 2 atom stereocenters. The summed E-state index contributed by atoms with van der Waals surface area (Å²) in [5, 5.41) is 3.18. The maximum absolute atomic E-state index is 12.9. The zero-order valence-corrected chi connectivity index (χ0v) is 12.7. The first-order valence-corrected chi connectivity index (χ1v) is 7.37. The second-order valence-electron chi connectivity index (χ2n) is 5.00. The van der Waals surface area contributed by atoms with Crippen LogP contribution in [0.3, 0.4) is 0 Å². The molecule has 0 saturated heterocycles. The molecule has 112 valence electrons. The summed E-state index contributed by atoms with van der Waals surface area (Å²) in [5.74, 6) is 0. The van der Waals surface area contributed by atoms with Crippen LogP contribution in [0.2, 0.25) is 0 Å². The summed E-state index contributed by atoms with van der Waals surface area (Å²) in [4.78, 5) is 0. The maximum Gasteiger partial charge on any atom is 0.417 e. The van der Waals surface area contributed by atoms with Crippen LogP contribution >= 0.6 is 15.9 Å². The Morgan fingerprint density at radius 2 is 1.95 bits per heavy atom. The first-order valence-electron chi connectivity index (χ1n) is 6.58. The summed E-state index contributed by atoms with van der Waals surface area (Å²) in [7, 11) is 1.65. The highest BCUT2D eigenvalue weighted by Gasteiger charge is 2.33. The van der Waals surface area contributed by atoms with E-state index in [1.54, 1.807) is 13.2 Å². The summed E-state index contributed by atoms with van der Waals surface area (Å²) in [6.07, 6.45) is -0.275. The predicted octanol–water partition coefficient (Wildman–Crippen LogP) is 4.84. The van der Waals surface area contributed by atoms with Gasteiger partial charge in [-0.2, -0.15) is 13.2 Å². The quantitative estimate of drug-likeness (QED) is 0.841. The van der Waals surface area contributed by atoms with E-state index in [9.17, 15) is 13.2 Å². The van der Waals surface area contributed by atoms with E-state index in [1.807, 2.05) is 0 Å². The molecule has 0 heterocycles. The van der Waals surface area contributed by atoms with E-state index in [0.29, 0.717) is 5.69 Å². The van der Waals surface area contributed by atoms with E-state index in [-0.39, 0.29) is 16.6 Å². The number of hydrogen-bond acceptors (Lipinski definition) is 2. The number of hydrogen-bond donors (Lipinski definition) is 1. The Labute approximate surface area is 124 Å². The predicted molar refractivity (Wildman–Crippen MR) is 75.8 cm³/mol. The lowest BCUT2D eigenvalue weighted by atomic mass is 9.92. The van der Waals surface area contributed by atoms with Gasteiger partial charge >= 0.3 is 6.18 Å². The molecule has 0 radical (unpaired) electrons. The molecule has 2 nitrogen and oxygen atoms in total. The fourth-order valence-electron chi connectivity index (χ4n) is 2.59. The number of anilines is 1. The van der Waals surface area contributed by atoms with E-state index in [1.165, 1.54) is 6.07 Å². The molecule has 6 heteroatoms. The molecule has 20 heavy (non-hydrogen) atoms. The molecule has 2 unspecified atom stereocenters. The Morgan fingerprint density at radius 3 is 2.60 bits per heavy atom. The van der Waals surface area contributed by atoms with Gasteiger partial charge in [0.25, 0.3) is 0 Å². The van der Waals surface area contributed by atoms with E-state index >= 15 is 0 Å². The lowest BCUT2D eigenvalue weighted by Crippen LogP contribution is -2.37. The Kier molecular flexibility index (Phi) is 4.96. The second-order valence-corrected chi connectivity index (χ2v) is 5.86. The number of halogens is 4. The molecule has 0 bridgehead atoms. The van der Waals surface area contributed by atoms with Crippen molar-refractivity contribution in [3.63, 3.8) is 0 Å². The largest absolute Gasteiger partial charge is 0.417 e. The normalized spacial score (nSPS) is 23.6. The van der Waals surface area contributed by atoms with Crippen LogP contribution < -0.4 is 5.32 Å². The zero-order chi connectivity index (χ0) is 14.8. The first kappa shape index (κ1) is 15.6. The lowest BCUT2D eigenvalue weighted by molar-refractivity contribution is -0.138. The average molecular weight is 352 g/mol. The third kappa shape index (κ3) is 3.67. The Balaban J connectivity index is 2.17. The summed E-state index contributed by atoms with van der Waals surface area (Å²) in [6, 6.07) is 4.29. The number of benzene rings is 1. The van der Waals surface area contributed by atoms with Gasteiger partial charge in [0.05, 0.1) is 17.7 Å². The van der Waals surface area contributed by atoms with Crippen LogP contribution in [0.25, 0.3) is 0 Å². The smallest absolute Gasteiger partial charge is 0.380 e. The summed E-state index contributed by atoms with van der Waals surface area (Å²) < 4.78 is 44.1. The Bertz CT molecular complexity index is 464. The van der Waals surface area contributed by atoms with Crippen molar-refractivity contribution in [3.05, 3.63) is 28.2 Å². The molecule has 1 aromatic carbocycles. The molecule has 0 amide bonds. The van der Waals surface area contributed by atoms with Gasteiger partial charge in [-0.25, -0.2) is 0 Å². The number of rotatable bonds is 3. The first-order chi connectivity index (χ1) is 9.41. The van der Waals surface area contributed by atoms with E-state index < -0.39 is 11.7 Å². The van der Waals surface area contributed by atoms with Crippen molar-refractivity contribution in [1.29, 1.82) is 0 Å². The molecule has 1 aromatic rings. The summed E-state index contributed by atoms with van der Waals surface area (Å²) in [6.45, 7) is 0. The highest BCUT2D eigenvalue weighted by atomic mass is 79.9. The van der Waals surface area contributed by atoms with Gasteiger partial charge in [-0.3, -0.25) is 0 Å². The fourth-order valence-corrected chi connectivity index (χ4v) is 3.06. The standard InChI is InChI=1S/C14H17BrF3NO/c1-20-13-5-3-2-4-12(13)19-9-6-7-11(15)10(8-9)14(16,17)18/h6-8,12-13,19H,2-5H2,1H3. The van der Waals surface area contributed by atoms with Gasteiger partial charge in [0.15, 0.2) is 0 Å². The summed E-state index contributed by atoms with van der Waals surface area (Å²) in [5.41, 5.74) is -0.179. The molecule has 0 spiro atoms. The minimum atomic E-state index is -4.36. The number of ether oxygens (including phenoxy) is 1. The van der Waals surface area contributed by atoms with Crippen molar-refractivity contribution in [1.82, 2.24) is 0 Å². The van der Waals surface area contributed by atoms with Gasteiger partial charge in [-0.05, 0) is 31.0 Å². The van der Waals surface area contributed by atoms with Gasteiger partial charge in [0.1, 0.15) is 0 Å². The van der Waals surface area contributed by atoms with Crippen LogP contribution in [0.5, 0.6) is 0 Å². The summed E-state index contributed by atoms with van der Waals surface area (Å²) >= 11 is 2.94. The van der Waals surface area contributed by atoms with E-state index in [2.05, 4.69) is 21.2 Å². The van der Waals surface area contributed by atoms with Crippen LogP contribution in [0.4, 0.5) is 18.9 Å². The van der Waals surface area contributed by atoms with Crippen LogP contribution in [0.1, 0.15) is 31.2 Å². The van der Waals surface area contributed by atoms with Crippen molar-refractivity contribution < 1.29 is 17.9 Å². The fraction of sp³-hybridized carbons (Fsp3) is 0.571. The molecule has 1 fully saturated rings. The molecule has 1 aliphatic rings. The van der Waals surface area contributed by atoms with Crippen molar-refractivity contribution in [2.24, 2.45) is 0 Å². The topological polar surface area (TPSA) is 21.3 Å². The van der Waals surface area contributed by atoms with Gasteiger partial charge in [0.2, 0.25) is 0 Å². The highest BCUT2D eigenvalue weighted by Crippen LogP contribution is 2.37. The van der Waals surface area contributed by atoms with Gasteiger partial charge < -0.3 is 10.1 Å². The molecule has 1 saturated carbocycles. The zero-order valence-electron chi connectivity index (χ0n) is 11.1. The average Bonchev–Trinajstić information content (AvgIpc) is 2.40. The number of alkyl halides is 3. The van der Waals surface area contributed by atoms with Crippen LogP contribution in [-0.4, -0.2) is 19.3 Å². The van der Waals surface area contributed by atoms with Crippen molar-refractivity contribution in [2.45, 2.75) is 44.0 Å². The van der Waals surface area contributed by atoms with Crippen molar-refractivity contribution in [3.8, 4) is 0 Å². The molecule has 0 aliphatic heterocycles. The third-order valence-electron chi connectivity index (χ3n) is 3.63. The van der Waals surface area contributed by atoms with Crippen LogP contribution in [-0.2, 0) is 10.9 Å². The SMILES string of the molecule is COC1CCCCC1Nc1ccc(Br)c(C(F)(F)F)c1. The molecule has 2 rings (SSSR count). The molecule has 0 aromatic heterocycles. The molecule has 1 aliphatic carbocycles. The van der Waals surface area contributed by atoms with E-state index in [4.69, 9.17) is 4.74 Å². The molecule has 1 N–H and O–H groups in total. The van der Waals surface area contributed by atoms with Gasteiger partial charge in [0, 0.05) is 17.3 Å². The Morgan fingerprint density at radius 1 is 1.25 bits per heavy atom. The number of methoxy groups -OCH3 is 1. The van der Waals surface area contributed by atoms with Crippen LogP contribution in [0, 0.1) is 0 Å². The lowest BCUT2D eigenvalue weighted by Gasteiger charge is -2.32. The second kappa shape index (κ2) is 6.35. The van der Waals surface area contributed by atoms with Gasteiger partial charge in [-0.1, -0.05) is 28.8 Å². The minimum Gasteiger partial charge on any atom is -0.380 e. The van der Waals surface area contributed by atoms with E-state index in [0.717, 1.165) is 31.7 Å². The maximum atomic E-state index is 12.9. The Hall–Kier alpha value is -0.750. The van der Waals surface area contributed by atoms with Crippen molar-refractivity contribution >= 4 is 21.6 Å². The van der Waals surface area contributed by atoms with Crippen LogP contribution in [0.15, 0.2) is 22.7 Å². The number of nitrogens with one attached hydrogen (secondary N) is 1. The van der Waals surface area contributed by atoms with Crippen molar-refractivity contribution in [2.75, 3.05) is 12.4 Å². The van der Waals surface area contributed by atoms with Gasteiger partial charge in [-0.15, -0.1) is 0 Å².